The maximum Gasteiger partial charge on any atom is 0.417 e. The van der Waals surface area contributed by atoms with E-state index in [1.165, 1.54) is 12.1 Å². The molecule has 11 heteroatoms. The van der Waals surface area contributed by atoms with E-state index < -0.39 is 23.4 Å². The van der Waals surface area contributed by atoms with Crippen LogP contribution in [0.3, 0.4) is 0 Å². The number of aromatic carboxylic acids is 1. The number of hydrogen-bond acceptors (Lipinski definition) is 6. The van der Waals surface area contributed by atoms with Crippen molar-refractivity contribution in [3.8, 4) is 11.3 Å². The minimum absolute atomic E-state index is 0.000845. The van der Waals surface area contributed by atoms with Crippen LogP contribution in [0.15, 0.2) is 53.3 Å². The minimum Gasteiger partial charge on any atom is -0.477 e. The lowest BCUT2D eigenvalue weighted by Gasteiger charge is -2.32. The first-order chi connectivity index (χ1) is 19.2. The Balaban J connectivity index is 1.21. The molecule has 3 aromatic heterocycles. The Morgan fingerprint density at radius 1 is 1.12 bits per heavy atom. The van der Waals surface area contributed by atoms with Gasteiger partial charge in [0.05, 0.1) is 16.1 Å². The van der Waals surface area contributed by atoms with Crippen molar-refractivity contribution in [1.29, 1.82) is 0 Å². The van der Waals surface area contributed by atoms with E-state index in [1.54, 1.807) is 18.5 Å². The number of carbonyl (C=O) groups is 1. The van der Waals surface area contributed by atoms with Gasteiger partial charge in [0.1, 0.15) is 17.1 Å². The molecule has 2 aliphatic rings. The van der Waals surface area contributed by atoms with Crippen LogP contribution in [0.1, 0.15) is 59.0 Å². The lowest BCUT2D eigenvalue weighted by molar-refractivity contribution is -0.136. The van der Waals surface area contributed by atoms with Gasteiger partial charge in [0.15, 0.2) is 0 Å². The summed E-state index contributed by atoms with van der Waals surface area (Å²) in [7, 11) is 0. The Hall–Kier alpha value is -3.92. The van der Waals surface area contributed by atoms with Crippen molar-refractivity contribution in [1.82, 2.24) is 15.1 Å². The third-order valence-corrected chi connectivity index (χ3v) is 7.79. The molecule has 2 fully saturated rings. The zero-order valence-corrected chi connectivity index (χ0v) is 21.9. The summed E-state index contributed by atoms with van der Waals surface area (Å²) in [6.07, 6.45) is 6.51. The number of nitrogens with zero attached hydrogens (tertiary/aromatic N) is 4. The number of benzene rings is 1. The number of hydrogen-bond donors (Lipinski definition) is 1. The van der Waals surface area contributed by atoms with Crippen LogP contribution in [-0.2, 0) is 6.18 Å². The van der Waals surface area contributed by atoms with E-state index >= 15 is 0 Å². The van der Waals surface area contributed by atoms with Crippen molar-refractivity contribution in [3.63, 3.8) is 0 Å². The lowest BCUT2D eigenvalue weighted by Crippen LogP contribution is -2.33. The SMILES string of the molecule is O=C(O)c1cc(C(F)(F)F)c2cc(N3CCC(/C=C/c4c(-c5ccncc5Cl)noc4C4CC4)CC3)ccc2n1. The second kappa shape index (κ2) is 10.2. The van der Waals surface area contributed by atoms with Crippen LogP contribution in [0.2, 0.25) is 5.02 Å². The Morgan fingerprint density at radius 3 is 2.58 bits per heavy atom. The second-order valence-corrected chi connectivity index (χ2v) is 10.6. The standard InChI is InChI=1S/C29H24ClF3N4O3/c30-23-15-34-10-7-19(23)26-20(27(40-36-26)17-2-3-17)5-1-16-8-11-37(12-9-16)18-4-6-24-21(13-18)22(29(31,32)33)14-25(35-24)28(38)39/h1,4-7,10,13-17H,2-3,8-9,11-12H2,(H,38,39)/b5-1+. The Morgan fingerprint density at radius 2 is 1.90 bits per heavy atom. The molecule has 1 aliphatic heterocycles. The molecule has 206 valence electrons. The summed E-state index contributed by atoms with van der Waals surface area (Å²) in [5, 5.41) is 13.9. The predicted octanol–water partition coefficient (Wildman–Crippen LogP) is 7.46. The van der Waals surface area contributed by atoms with Gasteiger partial charge in [0.25, 0.3) is 0 Å². The molecule has 4 aromatic rings. The molecule has 40 heavy (non-hydrogen) atoms. The van der Waals surface area contributed by atoms with Crippen molar-refractivity contribution in [2.45, 2.75) is 37.8 Å². The van der Waals surface area contributed by atoms with E-state index in [4.69, 9.17) is 16.1 Å². The largest absolute Gasteiger partial charge is 0.477 e. The fraction of sp³-hybridized carbons (Fsp3) is 0.310. The van der Waals surface area contributed by atoms with Crippen LogP contribution < -0.4 is 4.90 Å². The number of alkyl halides is 3. The molecule has 1 aliphatic carbocycles. The highest BCUT2D eigenvalue weighted by Gasteiger charge is 2.35. The van der Waals surface area contributed by atoms with Crippen molar-refractivity contribution >= 4 is 40.2 Å². The van der Waals surface area contributed by atoms with Gasteiger partial charge in [-0.15, -0.1) is 0 Å². The lowest BCUT2D eigenvalue weighted by atomic mass is 9.94. The van der Waals surface area contributed by atoms with Gasteiger partial charge in [-0.3, -0.25) is 4.98 Å². The first-order valence-electron chi connectivity index (χ1n) is 13.0. The molecule has 1 saturated carbocycles. The highest BCUT2D eigenvalue weighted by Crippen LogP contribution is 2.45. The molecule has 1 N–H and O–H groups in total. The first-order valence-corrected chi connectivity index (χ1v) is 13.3. The highest BCUT2D eigenvalue weighted by atomic mass is 35.5. The van der Waals surface area contributed by atoms with Crippen LogP contribution >= 0.6 is 11.6 Å². The molecule has 0 spiro atoms. The van der Waals surface area contributed by atoms with Crippen LogP contribution in [0, 0.1) is 5.92 Å². The third-order valence-electron chi connectivity index (χ3n) is 7.49. The summed E-state index contributed by atoms with van der Waals surface area (Å²) in [5.74, 6) is -0.00483. The van der Waals surface area contributed by atoms with E-state index in [1.807, 2.05) is 11.0 Å². The molecule has 4 heterocycles. The average molecular weight is 569 g/mol. The van der Waals surface area contributed by atoms with Crippen LogP contribution in [0.4, 0.5) is 18.9 Å². The van der Waals surface area contributed by atoms with Gasteiger partial charge < -0.3 is 14.5 Å². The fourth-order valence-electron chi connectivity index (χ4n) is 5.21. The maximum absolute atomic E-state index is 13.8. The van der Waals surface area contributed by atoms with Gasteiger partial charge in [0, 0.05) is 53.6 Å². The van der Waals surface area contributed by atoms with Gasteiger partial charge in [0.2, 0.25) is 0 Å². The van der Waals surface area contributed by atoms with E-state index in [2.05, 4.69) is 27.3 Å². The van der Waals surface area contributed by atoms with Gasteiger partial charge in [-0.25, -0.2) is 9.78 Å². The molecular formula is C29H24ClF3N4O3. The van der Waals surface area contributed by atoms with E-state index in [-0.39, 0.29) is 16.8 Å². The topological polar surface area (TPSA) is 92.3 Å². The molecule has 1 saturated heterocycles. The summed E-state index contributed by atoms with van der Waals surface area (Å²) in [4.78, 5) is 21.3. The normalized spacial score (nSPS) is 16.8. The second-order valence-electron chi connectivity index (χ2n) is 10.2. The number of aromatic nitrogens is 3. The quantitative estimate of drug-likeness (QED) is 0.258. The molecule has 0 bridgehead atoms. The van der Waals surface area contributed by atoms with Crippen LogP contribution in [-0.4, -0.2) is 39.3 Å². The molecule has 0 amide bonds. The number of anilines is 1. The number of fused-ring (bicyclic) bond motifs is 1. The fourth-order valence-corrected chi connectivity index (χ4v) is 5.42. The van der Waals surface area contributed by atoms with Crippen molar-refractivity contribution in [2.24, 2.45) is 5.92 Å². The zero-order valence-electron chi connectivity index (χ0n) is 21.2. The maximum atomic E-state index is 13.8. The number of piperidine rings is 1. The summed E-state index contributed by atoms with van der Waals surface area (Å²) < 4.78 is 47.0. The molecule has 0 atom stereocenters. The predicted molar refractivity (Wildman–Crippen MR) is 144 cm³/mol. The molecule has 6 rings (SSSR count). The van der Waals surface area contributed by atoms with E-state index in [9.17, 15) is 23.1 Å². The molecule has 1 aromatic carbocycles. The average Bonchev–Trinajstić information content (AvgIpc) is 3.70. The summed E-state index contributed by atoms with van der Waals surface area (Å²) in [6.45, 7) is 1.31. The van der Waals surface area contributed by atoms with E-state index in [0.717, 1.165) is 42.6 Å². The first kappa shape index (κ1) is 26.3. The van der Waals surface area contributed by atoms with Crippen molar-refractivity contribution in [2.75, 3.05) is 18.0 Å². The number of rotatable bonds is 6. The smallest absolute Gasteiger partial charge is 0.417 e. The summed E-state index contributed by atoms with van der Waals surface area (Å²) in [6, 6.07) is 7.02. The monoisotopic (exact) mass is 568 g/mol. The van der Waals surface area contributed by atoms with Gasteiger partial charge in [-0.2, -0.15) is 13.2 Å². The van der Waals surface area contributed by atoms with Crippen LogP contribution in [0.5, 0.6) is 0 Å². The van der Waals surface area contributed by atoms with Crippen LogP contribution in [0.25, 0.3) is 28.2 Å². The molecule has 0 unspecified atom stereocenters. The number of carboxylic acid groups (broad SMARTS) is 1. The van der Waals surface area contributed by atoms with Crippen molar-refractivity contribution < 1.29 is 27.6 Å². The van der Waals surface area contributed by atoms with Crippen molar-refractivity contribution in [3.05, 3.63) is 76.4 Å². The molecule has 0 radical (unpaired) electrons. The number of halogens is 4. The van der Waals surface area contributed by atoms with Gasteiger partial charge >= 0.3 is 12.1 Å². The highest BCUT2D eigenvalue weighted by molar-refractivity contribution is 6.33. The number of allylic oxidation sites excluding steroid dienone is 1. The van der Waals surface area contributed by atoms with E-state index in [0.29, 0.717) is 41.5 Å². The summed E-state index contributed by atoms with van der Waals surface area (Å²) in [5.41, 5.74) is 1.40. The Labute approximate surface area is 232 Å². The third kappa shape index (κ3) is 5.15. The Kier molecular flexibility index (Phi) is 6.74. The Bertz CT molecular complexity index is 1620. The number of carboxylic acids is 1. The zero-order chi connectivity index (χ0) is 28.0. The summed E-state index contributed by atoms with van der Waals surface area (Å²) >= 11 is 6.38. The minimum atomic E-state index is -4.71. The van der Waals surface area contributed by atoms with Gasteiger partial charge in [-0.05, 0) is 61.9 Å². The molecular weight excluding hydrogens is 545 g/mol. The number of pyridine rings is 2. The van der Waals surface area contributed by atoms with Gasteiger partial charge in [-0.1, -0.05) is 28.9 Å². The molecule has 7 nitrogen and oxygen atoms in total.